The van der Waals surface area contributed by atoms with E-state index < -0.39 is 10.6 Å². The lowest BCUT2D eigenvalue weighted by Gasteiger charge is -2.26. The monoisotopic (exact) mass is 160 g/mol. The summed E-state index contributed by atoms with van der Waals surface area (Å²) in [6, 6.07) is 0. The molecule has 11 heavy (non-hydrogen) atoms. The predicted molar refractivity (Wildman–Crippen MR) is 37.7 cm³/mol. The van der Waals surface area contributed by atoms with Crippen molar-refractivity contribution in [3.05, 3.63) is 10.1 Å². The average molecular weight is 160 g/mol. The topological polar surface area (TPSA) is 75.4 Å². The largest absolute Gasteiger partial charge is 0.311 e. The quantitative estimate of drug-likeness (QED) is 0.357. The van der Waals surface area contributed by atoms with Gasteiger partial charge in [0.25, 0.3) is 5.66 Å². The summed E-state index contributed by atoms with van der Waals surface area (Å²) in [5.41, 5.74) is 0.566. The van der Waals surface area contributed by atoms with E-state index in [0.29, 0.717) is 12.8 Å². The Morgan fingerprint density at radius 1 is 1.36 bits per heavy atom. The third-order valence-corrected chi connectivity index (χ3v) is 2.24. The minimum absolute atomic E-state index is 0.424. The van der Waals surface area contributed by atoms with E-state index in [1.165, 1.54) is 0 Å². The maximum absolute atomic E-state index is 10.5. The Morgan fingerprint density at radius 3 is 2.18 bits per heavy atom. The van der Waals surface area contributed by atoms with Crippen LogP contribution in [0.15, 0.2) is 0 Å². The number of hydrogen-bond donors (Lipinski definition) is 2. The molecule has 0 aliphatic heterocycles. The van der Waals surface area contributed by atoms with Crippen LogP contribution in [0.1, 0.15) is 32.1 Å². The molecule has 64 valence electrons. The van der Waals surface area contributed by atoms with E-state index in [0.717, 1.165) is 19.3 Å². The lowest BCUT2D eigenvalue weighted by atomic mass is 9.90. The summed E-state index contributed by atoms with van der Waals surface area (Å²) in [5, 5.41) is 19.1. The van der Waals surface area contributed by atoms with Gasteiger partial charge in [-0.3, -0.25) is 10.1 Å². The van der Waals surface area contributed by atoms with Gasteiger partial charge in [0.05, 0.1) is 0 Å². The van der Waals surface area contributed by atoms with Crippen LogP contribution in [-0.4, -0.2) is 15.8 Å². The molecule has 0 aromatic heterocycles. The average Bonchev–Trinajstić information content (AvgIpc) is 2.05. The number of hydrogen-bond acceptors (Lipinski definition) is 4. The molecule has 0 saturated heterocycles. The Kier molecular flexibility index (Phi) is 2.41. The first-order chi connectivity index (χ1) is 5.21. The summed E-state index contributed by atoms with van der Waals surface area (Å²) in [5.74, 6) is 0. The molecule has 0 heterocycles. The molecule has 0 amide bonds. The highest BCUT2D eigenvalue weighted by atomic mass is 16.6. The van der Waals surface area contributed by atoms with Gasteiger partial charge in [-0.15, -0.1) is 5.48 Å². The Labute approximate surface area is 64.5 Å². The van der Waals surface area contributed by atoms with Crippen molar-refractivity contribution < 1.29 is 10.1 Å². The van der Waals surface area contributed by atoms with Crippen molar-refractivity contribution in [1.82, 2.24) is 5.48 Å². The lowest BCUT2D eigenvalue weighted by Crippen LogP contribution is -2.51. The maximum Gasteiger partial charge on any atom is 0.295 e. The fourth-order valence-electron chi connectivity index (χ4n) is 1.47. The van der Waals surface area contributed by atoms with Crippen molar-refractivity contribution in [3.8, 4) is 0 Å². The van der Waals surface area contributed by atoms with Gasteiger partial charge in [-0.05, 0) is 12.8 Å². The number of hydroxylamine groups is 1. The summed E-state index contributed by atoms with van der Waals surface area (Å²) >= 11 is 0. The SMILES string of the molecule is O=[N+]([O-])C1(NO)CCCCC1. The van der Waals surface area contributed by atoms with E-state index >= 15 is 0 Å². The molecule has 0 atom stereocenters. The van der Waals surface area contributed by atoms with Crippen LogP contribution < -0.4 is 5.48 Å². The molecular weight excluding hydrogens is 148 g/mol. The molecule has 0 bridgehead atoms. The number of nitrogens with one attached hydrogen (secondary N) is 1. The van der Waals surface area contributed by atoms with Crippen LogP contribution in [0.2, 0.25) is 0 Å². The van der Waals surface area contributed by atoms with E-state index in [1.54, 1.807) is 0 Å². The van der Waals surface area contributed by atoms with Crippen LogP contribution in [0.4, 0.5) is 0 Å². The normalized spacial score (nSPS) is 23.0. The summed E-state index contributed by atoms with van der Waals surface area (Å²) < 4.78 is 0. The van der Waals surface area contributed by atoms with Crippen LogP contribution in [-0.2, 0) is 0 Å². The zero-order chi connectivity index (χ0) is 8.32. The lowest BCUT2D eigenvalue weighted by molar-refractivity contribution is -0.594. The Hall–Kier alpha value is -0.680. The summed E-state index contributed by atoms with van der Waals surface area (Å²) in [4.78, 5) is 10.1. The van der Waals surface area contributed by atoms with Crippen molar-refractivity contribution in [2.45, 2.75) is 37.8 Å². The number of rotatable bonds is 2. The number of nitrogens with zero attached hydrogens (tertiary/aromatic N) is 1. The van der Waals surface area contributed by atoms with Gasteiger partial charge in [0.2, 0.25) is 0 Å². The van der Waals surface area contributed by atoms with Crippen molar-refractivity contribution in [1.29, 1.82) is 0 Å². The van der Waals surface area contributed by atoms with Crippen LogP contribution in [0.3, 0.4) is 0 Å². The van der Waals surface area contributed by atoms with Gasteiger partial charge < -0.3 is 5.21 Å². The van der Waals surface area contributed by atoms with Gasteiger partial charge in [-0.1, -0.05) is 6.42 Å². The zero-order valence-electron chi connectivity index (χ0n) is 6.25. The maximum atomic E-state index is 10.5. The molecule has 5 heteroatoms. The van der Waals surface area contributed by atoms with Gasteiger partial charge in [0, 0.05) is 17.8 Å². The molecule has 1 aliphatic carbocycles. The van der Waals surface area contributed by atoms with Gasteiger partial charge in [0.1, 0.15) is 0 Å². The molecule has 2 N–H and O–H groups in total. The Morgan fingerprint density at radius 2 is 1.91 bits per heavy atom. The molecule has 1 aliphatic rings. The number of nitro groups is 1. The Bertz CT molecular complexity index is 154. The summed E-state index contributed by atoms with van der Waals surface area (Å²) in [6.07, 6.45) is 3.51. The first kappa shape index (κ1) is 8.42. The fraction of sp³-hybridized carbons (Fsp3) is 1.00. The van der Waals surface area contributed by atoms with Gasteiger partial charge in [-0.25, -0.2) is 0 Å². The summed E-state index contributed by atoms with van der Waals surface area (Å²) in [6.45, 7) is 0. The van der Waals surface area contributed by atoms with E-state index in [1.807, 2.05) is 5.48 Å². The van der Waals surface area contributed by atoms with Crippen LogP contribution in [0, 0.1) is 10.1 Å². The highest BCUT2D eigenvalue weighted by Crippen LogP contribution is 2.27. The third kappa shape index (κ3) is 1.49. The van der Waals surface area contributed by atoms with Crippen molar-refractivity contribution in [2.24, 2.45) is 0 Å². The molecule has 1 rings (SSSR count). The molecule has 1 fully saturated rings. The van der Waals surface area contributed by atoms with Crippen molar-refractivity contribution in [3.63, 3.8) is 0 Å². The van der Waals surface area contributed by atoms with Crippen LogP contribution >= 0.6 is 0 Å². The predicted octanol–water partition coefficient (Wildman–Crippen LogP) is 0.902. The van der Waals surface area contributed by atoms with Gasteiger partial charge in [-0.2, -0.15) is 0 Å². The minimum atomic E-state index is -1.25. The first-order valence-electron chi connectivity index (χ1n) is 3.77. The molecular formula is C6H12N2O3. The van der Waals surface area contributed by atoms with E-state index in [9.17, 15) is 10.1 Å². The minimum Gasteiger partial charge on any atom is -0.311 e. The highest BCUT2D eigenvalue weighted by Gasteiger charge is 2.43. The molecule has 0 radical (unpaired) electrons. The molecule has 5 nitrogen and oxygen atoms in total. The van der Waals surface area contributed by atoms with E-state index in [4.69, 9.17) is 5.21 Å². The van der Waals surface area contributed by atoms with Crippen molar-refractivity contribution in [2.75, 3.05) is 0 Å². The van der Waals surface area contributed by atoms with E-state index in [2.05, 4.69) is 0 Å². The Balaban J connectivity index is 2.64. The fourth-order valence-corrected chi connectivity index (χ4v) is 1.47. The first-order valence-corrected chi connectivity index (χ1v) is 3.77. The van der Waals surface area contributed by atoms with E-state index in [-0.39, 0.29) is 0 Å². The van der Waals surface area contributed by atoms with Gasteiger partial charge >= 0.3 is 0 Å². The molecule has 0 aromatic rings. The second-order valence-corrected chi connectivity index (χ2v) is 2.96. The second kappa shape index (κ2) is 3.15. The molecule has 0 aromatic carbocycles. The third-order valence-electron chi connectivity index (χ3n) is 2.24. The van der Waals surface area contributed by atoms with Crippen LogP contribution in [0.5, 0.6) is 0 Å². The smallest absolute Gasteiger partial charge is 0.295 e. The standard InChI is InChI=1S/C6H12N2O3/c9-7-6(8(10)11)4-2-1-3-5-6/h7,9H,1-5H2. The molecule has 1 saturated carbocycles. The summed E-state index contributed by atoms with van der Waals surface area (Å²) in [7, 11) is 0. The molecule has 0 spiro atoms. The van der Waals surface area contributed by atoms with Gasteiger partial charge in [0.15, 0.2) is 0 Å². The second-order valence-electron chi connectivity index (χ2n) is 2.96. The zero-order valence-corrected chi connectivity index (χ0v) is 6.25. The molecule has 0 unspecified atom stereocenters. The van der Waals surface area contributed by atoms with Crippen LogP contribution in [0.25, 0.3) is 0 Å². The van der Waals surface area contributed by atoms with Crippen molar-refractivity contribution >= 4 is 0 Å². The highest BCUT2D eigenvalue weighted by molar-refractivity contribution is 4.77.